The van der Waals surface area contributed by atoms with Gasteiger partial charge in [-0.1, -0.05) is 74.5 Å². The average Bonchev–Trinajstić information content (AvgIpc) is 3.17. The van der Waals surface area contributed by atoms with E-state index in [1.807, 2.05) is 19.9 Å². The van der Waals surface area contributed by atoms with Crippen molar-refractivity contribution in [3.05, 3.63) is 101 Å². The lowest BCUT2D eigenvalue weighted by Crippen LogP contribution is -2.56. The second kappa shape index (κ2) is 21.5. The number of morpholine rings is 1. The molecule has 3 aromatic rings. The maximum absolute atomic E-state index is 15.3. The van der Waals surface area contributed by atoms with E-state index < -0.39 is 71.6 Å². The zero-order valence-electron chi connectivity index (χ0n) is 31.2. The number of Topliss-reactive ketones (excluding diaryl/α,β-unsaturated/α-hetero) is 1. The molecule has 3 N–H and O–H groups in total. The van der Waals surface area contributed by atoms with Crippen LogP contribution in [0.25, 0.3) is 0 Å². The van der Waals surface area contributed by atoms with E-state index in [0.29, 0.717) is 38.4 Å². The first kappa shape index (κ1) is 42.3. The molecule has 0 aromatic heterocycles. The lowest BCUT2D eigenvalue weighted by atomic mass is 9.99. The van der Waals surface area contributed by atoms with Gasteiger partial charge in [0.25, 0.3) is 0 Å². The van der Waals surface area contributed by atoms with E-state index in [4.69, 9.17) is 18.9 Å². The highest BCUT2D eigenvalue weighted by molar-refractivity contribution is 5.96. The Morgan fingerprint density at radius 2 is 1.42 bits per heavy atom. The van der Waals surface area contributed by atoms with E-state index in [9.17, 15) is 28.4 Å². The molecule has 1 aliphatic rings. The zero-order valence-corrected chi connectivity index (χ0v) is 31.2. The number of halogens is 2. The third-order valence-corrected chi connectivity index (χ3v) is 8.64. The highest BCUT2D eigenvalue weighted by Gasteiger charge is 2.31. The molecule has 0 spiro atoms. The standard InChI is InChI=1S/C40H48F2N4O9/c1-26(2)22-32(45-37(48)27(3)43-40(51)55-24-29-12-8-5-9-13-29)38(49)44-31(23-28-10-6-4-7-11-28)33(47)25-54-39(50)35-30(41)14-15-34(36(35)42)53-21-18-46-16-19-52-20-17-46/h4-15,26-27,31-32H,16-25H2,1-3H3,(H,43,51)(H,44,49)(H,45,48)/t27-,31-,32-/m1/s1. The van der Waals surface area contributed by atoms with Crippen molar-refractivity contribution in [1.82, 2.24) is 20.9 Å². The van der Waals surface area contributed by atoms with Crippen LogP contribution >= 0.6 is 0 Å². The Balaban J connectivity index is 1.39. The van der Waals surface area contributed by atoms with Crippen molar-refractivity contribution in [2.75, 3.05) is 46.1 Å². The van der Waals surface area contributed by atoms with Gasteiger partial charge in [0.1, 0.15) is 36.7 Å². The largest absolute Gasteiger partial charge is 0.489 e. The summed E-state index contributed by atoms with van der Waals surface area (Å²) in [6.07, 6.45) is -0.679. The SMILES string of the molecule is CC(C)C[C@@H](NC(=O)[C@@H](C)NC(=O)OCc1ccccc1)C(=O)N[C@H](Cc1ccccc1)C(=O)COC(=O)c1c(F)ccc(OCCN2CCOCC2)c1F. The fraction of sp³-hybridized carbons (Fsp3) is 0.425. The van der Waals surface area contributed by atoms with Crippen molar-refractivity contribution in [2.45, 2.75) is 58.3 Å². The number of ketones is 1. The van der Waals surface area contributed by atoms with Crippen molar-refractivity contribution >= 4 is 29.7 Å². The summed E-state index contributed by atoms with van der Waals surface area (Å²) in [6, 6.07) is 16.1. The number of hydrogen-bond acceptors (Lipinski definition) is 10. The summed E-state index contributed by atoms with van der Waals surface area (Å²) in [5, 5.41) is 7.73. The van der Waals surface area contributed by atoms with Crippen LogP contribution in [0, 0.1) is 17.6 Å². The molecule has 4 rings (SSSR count). The van der Waals surface area contributed by atoms with E-state index in [2.05, 4.69) is 20.9 Å². The molecule has 0 radical (unpaired) electrons. The van der Waals surface area contributed by atoms with E-state index in [-0.39, 0.29) is 37.7 Å². The summed E-state index contributed by atoms with van der Waals surface area (Å²) in [4.78, 5) is 67.7. The van der Waals surface area contributed by atoms with Gasteiger partial charge in [0.05, 0.1) is 19.3 Å². The minimum Gasteiger partial charge on any atom is -0.489 e. The predicted octanol–water partition coefficient (Wildman–Crippen LogP) is 3.98. The van der Waals surface area contributed by atoms with Gasteiger partial charge in [-0.05, 0) is 48.9 Å². The zero-order chi connectivity index (χ0) is 39.7. The van der Waals surface area contributed by atoms with Crippen molar-refractivity contribution in [3.8, 4) is 5.75 Å². The van der Waals surface area contributed by atoms with Gasteiger partial charge >= 0.3 is 12.1 Å². The molecule has 3 amide bonds. The average molecular weight is 767 g/mol. The fourth-order valence-corrected chi connectivity index (χ4v) is 5.63. The molecule has 296 valence electrons. The van der Waals surface area contributed by atoms with Gasteiger partial charge in [0, 0.05) is 19.6 Å². The first-order chi connectivity index (χ1) is 26.4. The normalized spacial score (nSPS) is 14.6. The Kier molecular flexibility index (Phi) is 16.5. The van der Waals surface area contributed by atoms with Gasteiger partial charge in [-0.25, -0.2) is 18.4 Å². The Hall–Kier alpha value is -5.41. The molecule has 55 heavy (non-hydrogen) atoms. The van der Waals surface area contributed by atoms with Crippen LogP contribution in [0.2, 0.25) is 0 Å². The number of rotatable bonds is 19. The second-order valence-electron chi connectivity index (χ2n) is 13.4. The summed E-state index contributed by atoms with van der Waals surface area (Å²) in [5.41, 5.74) is 0.390. The Morgan fingerprint density at radius 3 is 2.07 bits per heavy atom. The molecule has 0 saturated carbocycles. The highest BCUT2D eigenvalue weighted by Crippen LogP contribution is 2.24. The Morgan fingerprint density at radius 1 is 0.782 bits per heavy atom. The Bertz CT molecular complexity index is 1740. The molecule has 15 heteroatoms. The van der Waals surface area contributed by atoms with E-state index >= 15 is 4.39 Å². The molecular weight excluding hydrogens is 718 g/mol. The summed E-state index contributed by atoms with van der Waals surface area (Å²) in [5.74, 6) is -6.49. The van der Waals surface area contributed by atoms with Gasteiger partial charge in [-0.15, -0.1) is 0 Å². The van der Waals surface area contributed by atoms with Crippen LogP contribution in [0.5, 0.6) is 5.75 Å². The third kappa shape index (κ3) is 13.7. The van der Waals surface area contributed by atoms with E-state index in [1.54, 1.807) is 54.6 Å². The quantitative estimate of drug-likeness (QED) is 0.152. The molecule has 0 unspecified atom stereocenters. The number of ether oxygens (including phenoxy) is 4. The summed E-state index contributed by atoms with van der Waals surface area (Å²) < 4.78 is 51.1. The number of amides is 3. The number of hydrogen-bond donors (Lipinski definition) is 3. The molecule has 0 aliphatic carbocycles. The number of alkyl carbamates (subject to hydrolysis) is 1. The van der Waals surface area contributed by atoms with Crippen molar-refractivity contribution in [2.24, 2.45) is 5.92 Å². The van der Waals surface area contributed by atoms with Crippen LogP contribution in [0.4, 0.5) is 13.6 Å². The number of esters is 1. The number of nitrogens with one attached hydrogen (secondary N) is 3. The van der Waals surface area contributed by atoms with Crippen molar-refractivity contribution < 1.29 is 51.7 Å². The van der Waals surface area contributed by atoms with Gasteiger partial charge in [0.2, 0.25) is 11.8 Å². The lowest BCUT2D eigenvalue weighted by Gasteiger charge is -2.26. The molecular formula is C40H48F2N4O9. The molecule has 1 aliphatic heterocycles. The fourth-order valence-electron chi connectivity index (χ4n) is 5.63. The van der Waals surface area contributed by atoms with Crippen LogP contribution in [0.1, 0.15) is 48.7 Å². The van der Waals surface area contributed by atoms with Crippen molar-refractivity contribution in [1.29, 1.82) is 0 Å². The minimum absolute atomic E-state index is 0.00799. The molecule has 3 atom stereocenters. The summed E-state index contributed by atoms with van der Waals surface area (Å²) in [7, 11) is 0. The molecule has 1 saturated heterocycles. The summed E-state index contributed by atoms with van der Waals surface area (Å²) in [6.45, 7) is 7.21. The number of nitrogens with zero attached hydrogens (tertiary/aromatic N) is 1. The first-order valence-corrected chi connectivity index (χ1v) is 18.1. The topological polar surface area (TPSA) is 162 Å². The van der Waals surface area contributed by atoms with Crippen LogP contribution in [0.15, 0.2) is 72.8 Å². The maximum Gasteiger partial charge on any atom is 0.408 e. The molecule has 0 bridgehead atoms. The van der Waals surface area contributed by atoms with Crippen LogP contribution in [0.3, 0.4) is 0 Å². The van der Waals surface area contributed by atoms with E-state index in [0.717, 1.165) is 17.7 Å². The van der Waals surface area contributed by atoms with Crippen LogP contribution in [-0.2, 0) is 41.6 Å². The smallest absolute Gasteiger partial charge is 0.408 e. The van der Waals surface area contributed by atoms with Gasteiger partial charge < -0.3 is 34.9 Å². The summed E-state index contributed by atoms with van der Waals surface area (Å²) >= 11 is 0. The second-order valence-corrected chi connectivity index (χ2v) is 13.4. The first-order valence-electron chi connectivity index (χ1n) is 18.1. The third-order valence-electron chi connectivity index (χ3n) is 8.64. The number of benzene rings is 3. The molecule has 13 nitrogen and oxygen atoms in total. The number of carbonyl (C=O) groups is 5. The predicted molar refractivity (Wildman–Crippen MR) is 197 cm³/mol. The van der Waals surface area contributed by atoms with Crippen molar-refractivity contribution in [3.63, 3.8) is 0 Å². The monoisotopic (exact) mass is 766 g/mol. The lowest BCUT2D eigenvalue weighted by molar-refractivity contribution is -0.133. The van der Waals surface area contributed by atoms with Gasteiger partial charge in [0.15, 0.2) is 24.0 Å². The Labute approximate surface area is 319 Å². The molecule has 1 heterocycles. The van der Waals surface area contributed by atoms with Crippen LogP contribution in [-0.4, -0.2) is 98.7 Å². The van der Waals surface area contributed by atoms with Crippen LogP contribution < -0.4 is 20.7 Å². The molecule has 1 fully saturated rings. The van der Waals surface area contributed by atoms with Gasteiger partial charge in [-0.2, -0.15) is 0 Å². The van der Waals surface area contributed by atoms with Gasteiger partial charge in [-0.3, -0.25) is 19.3 Å². The maximum atomic E-state index is 15.3. The number of carbonyl (C=O) groups excluding carboxylic acids is 5. The minimum atomic E-state index is -1.43. The molecule has 3 aromatic carbocycles. The van der Waals surface area contributed by atoms with E-state index in [1.165, 1.54) is 6.92 Å². The highest BCUT2D eigenvalue weighted by atomic mass is 19.1.